The molecule has 7 nitrogen and oxygen atoms in total. The van der Waals surface area contributed by atoms with Gasteiger partial charge in [-0.15, -0.1) is 0 Å². The van der Waals surface area contributed by atoms with Crippen LogP contribution >= 0.6 is 0 Å². The predicted octanol–water partition coefficient (Wildman–Crippen LogP) is 4.14. The van der Waals surface area contributed by atoms with Crippen molar-refractivity contribution in [3.63, 3.8) is 0 Å². The van der Waals surface area contributed by atoms with E-state index in [1.165, 1.54) is 0 Å². The van der Waals surface area contributed by atoms with Gasteiger partial charge in [-0.05, 0) is 67.2 Å². The summed E-state index contributed by atoms with van der Waals surface area (Å²) in [6.45, 7) is 8.36. The van der Waals surface area contributed by atoms with E-state index in [9.17, 15) is 0 Å². The number of nitrogens with zero attached hydrogens (tertiary/aromatic N) is 5. The normalized spacial score (nSPS) is 11.2. The Kier molecular flexibility index (Phi) is 6.97. The van der Waals surface area contributed by atoms with Crippen LogP contribution in [0.3, 0.4) is 0 Å². The van der Waals surface area contributed by atoms with Crippen molar-refractivity contribution in [1.82, 2.24) is 24.5 Å². The topological polar surface area (TPSA) is 67.6 Å². The van der Waals surface area contributed by atoms with Crippen LogP contribution in [0.1, 0.15) is 25.2 Å². The summed E-state index contributed by atoms with van der Waals surface area (Å²) >= 11 is 0. The number of aromatic nitrogens is 4. The number of nitrogens with one attached hydrogen (secondary N) is 1. The van der Waals surface area contributed by atoms with Gasteiger partial charge in [0.1, 0.15) is 11.6 Å². The van der Waals surface area contributed by atoms with Crippen LogP contribution in [0.5, 0.6) is 5.75 Å². The molecule has 0 bridgehead atoms. The zero-order chi connectivity index (χ0) is 22.3. The molecule has 0 radical (unpaired) electrons. The lowest BCUT2D eigenvalue weighted by Crippen LogP contribution is -2.28. The smallest absolute Gasteiger partial charge is 0.156 e. The van der Waals surface area contributed by atoms with E-state index >= 15 is 0 Å². The highest BCUT2D eigenvalue weighted by atomic mass is 16.5. The average molecular weight is 431 g/mol. The lowest BCUT2D eigenvalue weighted by atomic mass is 10.1. The first kappa shape index (κ1) is 21.8. The summed E-state index contributed by atoms with van der Waals surface area (Å²) in [7, 11) is 1.67. The first-order valence-corrected chi connectivity index (χ1v) is 11.1. The molecule has 0 atom stereocenters. The summed E-state index contributed by atoms with van der Waals surface area (Å²) in [5, 5.41) is 8.22. The van der Waals surface area contributed by atoms with E-state index in [2.05, 4.69) is 41.2 Å². The number of rotatable bonds is 10. The van der Waals surface area contributed by atoms with Crippen LogP contribution in [0, 0.1) is 0 Å². The first-order chi connectivity index (χ1) is 15.7. The highest BCUT2D eigenvalue weighted by molar-refractivity contribution is 5.63. The van der Waals surface area contributed by atoms with Gasteiger partial charge in [-0.2, -0.15) is 5.10 Å². The summed E-state index contributed by atoms with van der Waals surface area (Å²) in [5.41, 5.74) is 4.03. The maximum Gasteiger partial charge on any atom is 0.156 e. The van der Waals surface area contributed by atoms with E-state index in [1.54, 1.807) is 7.11 Å². The molecule has 0 amide bonds. The second-order valence-electron chi connectivity index (χ2n) is 7.62. The summed E-state index contributed by atoms with van der Waals surface area (Å²) < 4.78 is 7.18. The van der Waals surface area contributed by atoms with E-state index < -0.39 is 0 Å². The van der Waals surface area contributed by atoms with Crippen LogP contribution in [0.4, 0.5) is 5.82 Å². The average Bonchev–Trinajstić information content (AvgIpc) is 3.24. The van der Waals surface area contributed by atoms with Gasteiger partial charge >= 0.3 is 0 Å². The highest BCUT2D eigenvalue weighted by Gasteiger charge is 2.10. The Morgan fingerprint density at radius 3 is 2.59 bits per heavy atom. The zero-order valence-electron chi connectivity index (χ0n) is 19.0. The molecule has 0 aliphatic carbocycles. The quantitative estimate of drug-likeness (QED) is 0.408. The third-order valence-corrected chi connectivity index (χ3v) is 5.60. The van der Waals surface area contributed by atoms with Gasteiger partial charge in [-0.3, -0.25) is 0 Å². The Morgan fingerprint density at radius 1 is 1.03 bits per heavy atom. The van der Waals surface area contributed by atoms with Crippen LogP contribution in [0.25, 0.3) is 16.9 Å². The number of benzene rings is 1. The van der Waals surface area contributed by atoms with Crippen molar-refractivity contribution >= 4 is 11.5 Å². The molecule has 4 rings (SSSR count). The van der Waals surface area contributed by atoms with Gasteiger partial charge in [-0.25, -0.2) is 14.5 Å². The lowest BCUT2D eigenvalue weighted by Gasteiger charge is -2.18. The van der Waals surface area contributed by atoms with Crippen molar-refractivity contribution in [2.45, 2.75) is 20.3 Å². The van der Waals surface area contributed by atoms with Gasteiger partial charge in [-0.1, -0.05) is 19.9 Å². The van der Waals surface area contributed by atoms with Gasteiger partial charge in [0.15, 0.2) is 11.5 Å². The number of methoxy groups -OCH3 is 1. The zero-order valence-corrected chi connectivity index (χ0v) is 19.0. The second-order valence-corrected chi connectivity index (χ2v) is 7.62. The molecule has 7 heteroatoms. The van der Waals surface area contributed by atoms with E-state index in [-0.39, 0.29) is 0 Å². The van der Waals surface area contributed by atoms with Crippen molar-refractivity contribution in [3.05, 3.63) is 72.2 Å². The van der Waals surface area contributed by atoms with Crippen LogP contribution in [-0.2, 0) is 6.42 Å². The highest BCUT2D eigenvalue weighted by Crippen LogP contribution is 2.23. The molecule has 1 aromatic carbocycles. The lowest BCUT2D eigenvalue weighted by molar-refractivity contribution is 0.316. The number of hydrogen-bond acceptors (Lipinski definition) is 6. The molecule has 32 heavy (non-hydrogen) atoms. The molecule has 0 aliphatic heterocycles. The molecule has 166 valence electrons. The molecule has 0 saturated heterocycles. The number of ether oxygens (including phenoxy) is 1. The van der Waals surface area contributed by atoms with Crippen molar-refractivity contribution in [3.8, 4) is 17.0 Å². The fourth-order valence-corrected chi connectivity index (χ4v) is 3.75. The van der Waals surface area contributed by atoms with Gasteiger partial charge < -0.3 is 15.0 Å². The molecule has 0 saturated carbocycles. The van der Waals surface area contributed by atoms with Crippen molar-refractivity contribution in [2.75, 3.05) is 38.6 Å². The third-order valence-electron chi connectivity index (χ3n) is 5.60. The minimum atomic E-state index is 0.650. The van der Waals surface area contributed by atoms with E-state index in [4.69, 9.17) is 14.8 Å². The standard InChI is InChI=1S/C25H30N6O/c1-4-30(5-2)16-15-27-23-17-19(13-14-26-23)18-24-28-25-8-6-7-22(31(25)29-24)20-9-11-21(32-3)12-10-20/h6-14,17H,4-5,15-16,18H2,1-3H3,(H,26,27). The number of fused-ring (bicyclic) bond motifs is 1. The number of likely N-dealkylation sites (N-methyl/N-ethyl adjacent to an activating group) is 1. The summed E-state index contributed by atoms with van der Waals surface area (Å²) in [4.78, 5) is 11.6. The molecular formula is C25H30N6O. The van der Waals surface area contributed by atoms with Crippen molar-refractivity contribution in [2.24, 2.45) is 0 Å². The maximum absolute atomic E-state index is 5.27. The Bertz CT molecular complexity index is 1150. The largest absolute Gasteiger partial charge is 0.497 e. The molecule has 0 spiro atoms. The van der Waals surface area contributed by atoms with Gasteiger partial charge in [0.2, 0.25) is 0 Å². The van der Waals surface area contributed by atoms with Crippen LogP contribution in [-0.4, -0.2) is 57.8 Å². The fraction of sp³-hybridized carbons (Fsp3) is 0.320. The first-order valence-electron chi connectivity index (χ1n) is 11.1. The predicted molar refractivity (Wildman–Crippen MR) is 128 cm³/mol. The van der Waals surface area contributed by atoms with Crippen molar-refractivity contribution in [1.29, 1.82) is 0 Å². The Hall–Kier alpha value is -3.45. The molecular weight excluding hydrogens is 400 g/mol. The van der Waals surface area contributed by atoms with E-state index in [0.29, 0.717) is 6.42 Å². The van der Waals surface area contributed by atoms with Crippen molar-refractivity contribution < 1.29 is 4.74 Å². The summed E-state index contributed by atoms with van der Waals surface area (Å²) in [6, 6.07) is 18.1. The van der Waals surface area contributed by atoms with E-state index in [1.807, 2.05) is 53.2 Å². The van der Waals surface area contributed by atoms with Gasteiger partial charge in [0, 0.05) is 31.3 Å². The molecule has 4 aromatic rings. The monoisotopic (exact) mass is 430 g/mol. The SMILES string of the molecule is CCN(CC)CCNc1cc(Cc2nc3cccc(-c4ccc(OC)cc4)n3n2)ccn1. The summed E-state index contributed by atoms with van der Waals surface area (Å²) in [5.74, 6) is 2.50. The molecule has 0 unspecified atom stereocenters. The fourth-order valence-electron chi connectivity index (χ4n) is 3.75. The van der Waals surface area contributed by atoms with Crippen LogP contribution in [0.2, 0.25) is 0 Å². The minimum Gasteiger partial charge on any atom is -0.497 e. The van der Waals surface area contributed by atoms with Gasteiger partial charge in [0.05, 0.1) is 12.8 Å². The minimum absolute atomic E-state index is 0.650. The van der Waals surface area contributed by atoms with Gasteiger partial charge in [0.25, 0.3) is 0 Å². The van der Waals surface area contributed by atoms with Crippen LogP contribution in [0.15, 0.2) is 60.8 Å². The number of pyridine rings is 2. The molecule has 0 aliphatic rings. The second kappa shape index (κ2) is 10.2. The Morgan fingerprint density at radius 2 is 1.84 bits per heavy atom. The van der Waals surface area contributed by atoms with E-state index in [0.717, 1.165) is 66.0 Å². The number of anilines is 1. The third kappa shape index (κ3) is 5.06. The summed E-state index contributed by atoms with van der Waals surface area (Å²) in [6.07, 6.45) is 2.49. The molecule has 0 fully saturated rings. The van der Waals surface area contributed by atoms with Crippen LogP contribution < -0.4 is 10.1 Å². The Labute approximate surface area is 189 Å². The maximum atomic E-state index is 5.27. The molecule has 1 N–H and O–H groups in total. The number of hydrogen-bond donors (Lipinski definition) is 1. The molecule has 3 heterocycles. The Balaban J connectivity index is 1.50. The molecule has 3 aromatic heterocycles.